The van der Waals surface area contributed by atoms with Crippen LogP contribution in [-0.4, -0.2) is 19.4 Å². The lowest BCUT2D eigenvalue weighted by molar-refractivity contribution is 0.104. The fraction of sp³-hybridized carbons (Fsp3) is 0.235. The lowest BCUT2D eigenvalue weighted by Crippen LogP contribution is -2.16. The van der Waals surface area contributed by atoms with E-state index in [0.29, 0.717) is 0 Å². The minimum absolute atomic E-state index is 0.153. The fourth-order valence-corrected chi connectivity index (χ4v) is 2.60. The van der Waals surface area contributed by atoms with Gasteiger partial charge >= 0.3 is 0 Å². The van der Waals surface area contributed by atoms with E-state index in [2.05, 4.69) is 36.1 Å². The van der Waals surface area contributed by atoms with E-state index in [1.807, 2.05) is 26.1 Å². The van der Waals surface area contributed by atoms with E-state index < -0.39 is 0 Å². The first-order valence-electron chi connectivity index (χ1n) is 6.62. The molecule has 0 saturated carbocycles. The molecular weight excluding hydrogens is 234 g/mol. The molecule has 19 heavy (non-hydrogen) atoms. The predicted octanol–water partition coefficient (Wildman–Crippen LogP) is 3.66. The van der Waals surface area contributed by atoms with E-state index in [1.54, 1.807) is 0 Å². The molecule has 0 fully saturated rings. The van der Waals surface area contributed by atoms with Crippen LogP contribution in [0.1, 0.15) is 28.4 Å². The van der Waals surface area contributed by atoms with Gasteiger partial charge in [0.25, 0.3) is 0 Å². The molecule has 0 radical (unpaired) electrons. The number of carbonyl (C=O) groups excluding carboxylic acids is 1. The first kappa shape index (κ1) is 12.0. The zero-order valence-corrected chi connectivity index (χ0v) is 11.5. The number of ketones is 1. The number of nitrogens with zero attached hydrogens (tertiary/aromatic N) is 1. The predicted molar refractivity (Wildman–Crippen MR) is 79.0 cm³/mol. The summed E-state index contributed by atoms with van der Waals surface area (Å²) in [6, 6.07) is 12.3. The largest absolute Gasteiger partial charge is 0.375 e. The second-order valence-corrected chi connectivity index (χ2v) is 5.12. The van der Waals surface area contributed by atoms with Gasteiger partial charge in [-0.25, -0.2) is 0 Å². The van der Waals surface area contributed by atoms with Crippen LogP contribution in [0, 0.1) is 6.92 Å². The maximum atomic E-state index is 12.5. The van der Waals surface area contributed by atoms with E-state index in [1.165, 1.54) is 0 Å². The van der Waals surface area contributed by atoms with Gasteiger partial charge in [0.15, 0.2) is 5.78 Å². The molecular formula is C17H17NO. The lowest BCUT2D eigenvalue weighted by atomic mass is 10.0. The zero-order chi connectivity index (χ0) is 13.6. The molecule has 1 aliphatic carbocycles. The highest BCUT2D eigenvalue weighted by Crippen LogP contribution is 2.38. The molecule has 0 spiro atoms. The van der Waals surface area contributed by atoms with Crippen LogP contribution in [0.3, 0.4) is 0 Å². The first-order valence-corrected chi connectivity index (χ1v) is 6.62. The van der Waals surface area contributed by atoms with E-state index >= 15 is 0 Å². The number of rotatable bonds is 2. The molecule has 0 heterocycles. The van der Waals surface area contributed by atoms with Crippen molar-refractivity contribution in [1.82, 2.24) is 0 Å². The zero-order valence-electron chi connectivity index (χ0n) is 11.5. The molecule has 0 saturated heterocycles. The summed E-state index contributed by atoms with van der Waals surface area (Å²) in [7, 11) is 2.04. The van der Waals surface area contributed by atoms with Gasteiger partial charge in [-0.3, -0.25) is 4.79 Å². The van der Waals surface area contributed by atoms with Crippen LogP contribution in [0.2, 0.25) is 0 Å². The third-order valence-corrected chi connectivity index (χ3v) is 3.87. The van der Waals surface area contributed by atoms with Crippen molar-refractivity contribution in [3.05, 3.63) is 53.1 Å². The van der Waals surface area contributed by atoms with E-state index in [4.69, 9.17) is 0 Å². The van der Waals surface area contributed by atoms with Crippen molar-refractivity contribution in [1.29, 1.82) is 0 Å². The number of hydrogen-bond acceptors (Lipinski definition) is 2. The Morgan fingerprint density at radius 3 is 2.26 bits per heavy atom. The number of carbonyl (C=O) groups is 1. The van der Waals surface area contributed by atoms with Crippen molar-refractivity contribution >= 4 is 11.5 Å². The van der Waals surface area contributed by atoms with Crippen LogP contribution >= 0.6 is 0 Å². The van der Waals surface area contributed by atoms with E-state index in [9.17, 15) is 4.79 Å². The second-order valence-electron chi connectivity index (χ2n) is 5.12. The van der Waals surface area contributed by atoms with Gasteiger partial charge in [-0.2, -0.15) is 0 Å². The Bertz CT molecular complexity index is 673. The molecule has 0 atom stereocenters. The van der Waals surface area contributed by atoms with Crippen molar-refractivity contribution in [2.24, 2.45) is 0 Å². The SMILES string of the molecule is CCN(C)c1ccc2c(c1)C(=O)c1cc(C)ccc1-2. The molecule has 3 rings (SSSR count). The van der Waals surface area contributed by atoms with Crippen molar-refractivity contribution in [2.75, 3.05) is 18.5 Å². The Morgan fingerprint density at radius 2 is 1.58 bits per heavy atom. The minimum atomic E-state index is 0.153. The summed E-state index contributed by atoms with van der Waals surface area (Å²) >= 11 is 0. The lowest BCUT2D eigenvalue weighted by Gasteiger charge is -2.17. The number of fused-ring (bicyclic) bond motifs is 3. The van der Waals surface area contributed by atoms with Crippen molar-refractivity contribution in [3.8, 4) is 11.1 Å². The Balaban J connectivity index is 2.16. The molecule has 0 amide bonds. The van der Waals surface area contributed by atoms with Crippen LogP contribution in [0.5, 0.6) is 0 Å². The van der Waals surface area contributed by atoms with Crippen LogP contribution in [0.25, 0.3) is 11.1 Å². The summed E-state index contributed by atoms with van der Waals surface area (Å²) in [5, 5.41) is 0. The summed E-state index contributed by atoms with van der Waals surface area (Å²) in [4.78, 5) is 14.6. The van der Waals surface area contributed by atoms with Gasteiger partial charge < -0.3 is 4.90 Å². The Labute approximate surface area is 113 Å². The number of aryl methyl sites for hydroxylation is 1. The summed E-state index contributed by atoms with van der Waals surface area (Å²) in [5.41, 5.74) is 6.03. The molecule has 2 aromatic rings. The van der Waals surface area contributed by atoms with Crippen molar-refractivity contribution in [2.45, 2.75) is 13.8 Å². The van der Waals surface area contributed by atoms with E-state index in [0.717, 1.165) is 40.0 Å². The molecule has 0 N–H and O–H groups in total. The molecule has 2 aromatic carbocycles. The Kier molecular flexibility index (Phi) is 2.67. The van der Waals surface area contributed by atoms with Gasteiger partial charge in [-0.1, -0.05) is 23.8 Å². The number of benzene rings is 2. The summed E-state index contributed by atoms with van der Waals surface area (Å²) < 4.78 is 0. The molecule has 96 valence electrons. The topological polar surface area (TPSA) is 20.3 Å². The molecule has 0 unspecified atom stereocenters. The highest BCUT2D eigenvalue weighted by molar-refractivity contribution is 6.22. The van der Waals surface area contributed by atoms with Gasteiger partial charge in [-0.05, 0) is 43.2 Å². The van der Waals surface area contributed by atoms with Crippen LogP contribution < -0.4 is 4.90 Å². The normalized spacial score (nSPS) is 12.3. The van der Waals surface area contributed by atoms with Gasteiger partial charge in [0.05, 0.1) is 0 Å². The average molecular weight is 251 g/mol. The quantitative estimate of drug-likeness (QED) is 0.692. The summed E-state index contributed by atoms with van der Waals surface area (Å²) in [6.07, 6.45) is 0. The van der Waals surface area contributed by atoms with Crippen LogP contribution in [0.15, 0.2) is 36.4 Å². The highest BCUT2D eigenvalue weighted by Gasteiger charge is 2.26. The molecule has 0 aliphatic heterocycles. The van der Waals surface area contributed by atoms with Gasteiger partial charge in [0.2, 0.25) is 0 Å². The molecule has 2 nitrogen and oxygen atoms in total. The third kappa shape index (κ3) is 1.75. The Hall–Kier alpha value is -2.09. The molecule has 1 aliphatic rings. The molecule has 2 heteroatoms. The maximum Gasteiger partial charge on any atom is 0.194 e. The Morgan fingerprint density at radius 1 is 0.947 bits per heavy atom. The van der Waals surface area contributed by atoms with Crippen molar-refractivity contribution in [3.63, 3.8) is 0 Å². The monoisotopic (exact) mass is 251 g/mol. The van der Waals surface area contributed by atoms with Crippen LogP contribution in [0.4, 0.5) is 5.69 Å². The second kappa shape index (κ2) is 4.23. The smallest absolute Gasteiger partial charge is 0.194 e. The molecule has 0 bridgehead atoms. The van der Waals surface area contributed by atoms with Gasteiger partial charge in [0, 0.05) is 30.4 Å². The molecule has 0 aromatic heterocycles. The summed E-state index contributed by atoms with van der Waals surface area (Å²) in [6.45, 7) is 5.05. The van der Waals surface area contributed by atoms with Gasteiger partial charge in [0.1, 0.15) is 0 Å². The van der Waals surface area contributed by atoms with Gasteiger partial charge in [-0.15, -0.1) is 0 Å². The first-order chi connectivity index (χ1) is 9.11. The number of hydrogen-bond donors (Lipinski definition) is 0. The van der Waals surface area contributed by atoms with Crippen LogP contribution in [-0.2, 0) is 0 Å². The number of anilines is 1. The standard InChI is InChI=1S/C17H17NO/c1-4-18(3)12-6-8-14-13-7-5-11(2)9-15(13)17(19)16(14)10-12/h5-10H,4H2,1-3H3. The third-order valence-electron chi connectivity index (χ3n) is 3.87. The summed E-state index contributed by atoms with van der Waals surface area (Å²) in [5.74, 6) is 0.153. The van der Waals surface area contributed by atoms with E-state index in [-0.39, 0.29) is 5.78 Å². The maximum absolute atomic E-state index is 12.5. The average Bonchev–Trinajstić information content (AvgIpc) is 2.71. The fourth-order valence-electron chi connectivity index (χ4n) is 2.60. The highest BCUT2D eigenvalue weighted by atomic mass is 16.1. The minimum Gasteiger partial charge on any atom is -0.375 e. The van der Waals surface area contributed by atoms with Crippen molar-refractivity contribution < 1.29 is 4.79 Å².